The molecule has 1 N–H and O–H groups in total. The summed E-state index contributed by atoms with van der Waals surface area (Å²) in [7, 11) is 0. The third kappa shape index (κ3) is 4.20. The largest absolute Gasteiger partial charge is 0.352 e. The smallest absolute Gasteiger partial charge is 0.234 e. The van der Waals surface area contributed by atoms with Gasteiger partial charge < -0.3 is 5.32 Å². The van der Waals surface area contributed by atoms with Crippen molar-refractivity contribution in [3.63, 3.8) is 0 Å². The standard InChI is InChI=1S/C30H39N3O/c34-28(22-32-15-7-8-16-32)31-27-21-30(33-17-9-10-18-33)19-25(23-11-3-1-4-12-23)29(27)26(20-30)24-13-5-2-6-14-24/h1-6,11-14,25-27,29H,7-10,15-22H2,(H,31,34). The lowest BCUT2D eigenvalue weighted by molar-refractivity contribution is -0.125. The molecule has 2 aromatic rings. The van der Waals surface area contributed by atoms with Crippen LogP contribution >= 0.6 is 0 Å². The van der Waals surface area contributed by atoms with Crippen LogP contribution in [0.3, 0.4) is 0 Å². The molecule has 2 aromatic carbocycles. The Morgan fingerprint density at radius 3 is 1.85 bits per heavy atom. The van der Waals surface area contributed by atoms with Crippen molar-refractivity contribution in [1.29, 1.82) is 0 Å². The summed E-state index contributed by atoms with van der Waals surface area (Å²) in [5.41, 5.74) is 3.09. The van der Waals surface area contributed by atoms with Gasteiger partial charge in [-0.2, -0.15) is 0 Å². The molecular formula is C30H39N3O. The number of hydrogen-bond donors (Lipinski definition) is 1. The van der Waals surface area contributed by atoms with Gasteiger partial charge >= 0.3 is 0 Å². The van der Waals surface area contributed by atoms with Crippen LogP contribution in [0, 0.1) is 5.92 Å². The summed E-state index contributed by atoms with van der Waals surface area (Å²) in [5.74, 6) is 1.63. The molecule has 7 rings (SSSR count). The van der Waals surface area contributed by atoms with Crippen LogP contribution in [0.4, 0.5) is 0 Å². The van der Waals surface area contributed by atoms with Gasteiger partial charge in [-0.1, -0.05) is 60.7 Å². The molecule has 0 aromatic heterocycles. The van der Waals surface area contributed by atoms with Gasteiger partial charge in [0.25, 0.3) is 0 Å². The Hall–Kier alpha value is -2.17. The summed E-state index contributed by atoms with van der Waals surface area (Å²) >= 11 is 0. The maximum atomic E-state index is 13.3. The quantitative estimate of drug-likeness (QED) is 0.678. The molecule has 4 heteroatoms. The van der Waals surface area contributed by atoms with Crippen molar-refractivity contribution in [1.82, 2.24) is 15.1 Å². The van der Waals surface area contributed by atoms with Crippen LogP contribution in [0.2, 0.25) is 0 Å². The lowest BCUT2D eigenvalue weighted by Crippen LogP contribution is -2.65. The normalized spacial score (nSPS) is 33.9. The average molecular weight is 458 g/mol. The van der Waals surface area contributed by atoms with Gasteiger partial charge in [-0.05, 0) is 100 Å². The summed E-state index contributed by atoms with van der Waals surface area (Å²) in [5, 5.41) is 3.62. The number of carbonyl (C=O) groups is 1. The van der Waals surface area contributed by atoms with Gasteiger partial charge in [0.1, 0.15) is 0 Å². The molecule has 2 aliphatic heterocycles. The number of nitrogens with one attached hydrogen (secondary N) is 1. The fourth-order valence-electron chi connectivity index (χ4n) is 7.93. The molecule has 2 bridgehead atoms. The summed E-state index contributed by atoms with van der Waals surface area (Å²) in [6, 6.07) is 22.6. The van der Waals surface area contributed by atoms with Crippen molar-refractivity contribution < 1.29 is 4.79 Å². The van der Waals surface area contributed by atoms with Crippen molar-refractivity contribution >= 4 is 5.91 Å². The van der Waals surface area contributed by atoms with E-state index in [1.54, 1.807) is 0 Å². The van der Waals surface area contributed by atoms with Crippen molar-refractivity contribution in [2.24, 2.45) is 5.92 Å². The zero-order chi connectivity index (χ0) is 23.0. The molecular weight excluding hydrogens is 418 g/mol. The van der Waals surface area contributed by atoms with E-state index < -0.39 is 0 Å². The van der Waals surface area contributed by atoms with E-state index >= 15 is 0 Å². The van der Waals surface area contributed by atoms with Crippen LogP contribution < -0.4 is 5.32 Å². The zero-order valence-electron chi connectivity index (χ0n) is 20.4. The van der Waals surface area contributed by atoms with Crippen molar-refractivity contribution in [2.75, 3.05) is 32.7 Å². The molecule has 3 unspecified atom stereocenters. The summed E-state index contributed by atoms with van der Waals surface area (Å²) in [6.07, 6.45) is 8.63. The Morgan fingerprint density at radius 2 is 1.29 bits per heavy atom. The molecule has 2 heterocycles. The van der Waals surface area contributed by atoms with E-state index in [2.05, 4.69) is 75.8 Å². The lowest BCUT2D eigenvalue weighted by Gasteiger charge is -2.61. The van der Waals surface area contributed by atoms with Crippen LogP contribution in [0.5, 0.6) is 0 Å². The van der Waals surface area contributed by atoms with E-state index in [-0.39, 0.29) is 17.5 Å². The number of hydrogen-bond acceptors (Lipinski definition) is 3. The highest BCUT2D eigenvalue weighted by atomic mass is 16.2. The highest BCUT2D eigenvalue weighted by molar-refractivity contribution is 5.78. The topological polar surface area (TPSA) is 35.6 Å². The maximum absolute atomic E-state index is 13.3. The average Bonchev–Trinajstić information content (AvgIpc) is 3.60. The molecule has 3 saturated carbocycles. The van der Waals surface area contributed by atoms with Gasteiger partial charge in [-0.25, -0.2) is 0 Å². The molecule has 3 aliphatic carbocycles. The molecule has 4 nitrogen and oxygen atoms in total. The zero-order valence-corrected chi connectivity index (χ0v) is 20.4. The maximum Gasteiger partial charge on any atom is 0.234 e. The van der Waals surface area contributed by atoms with Crippen molar-refractivity contribution in [3.05, 3.63) is 71.8 Å². The molecule has 1 amide bonds. The van der Waals surface area contributed by atoms with Gasteiger partial charge in [-0.15, -0.1) is 0 Å². The number of benzene rings is 2. The van der Waals surface area contributed by atoms with E-state index in [1.807, 2.05) is 0 Å². The highest BCUT2D eigenvalue weighted by Crippen LogP contribution is 2.60. The second-order valence-corrected chi connectivity index (χ2v) is 11.3. The van der Waals surface area contributed by atoms with Gasteiger partial charge in [0.2, 0.25) is 5.91 Å². The Kier molecular flexibility index (Phi) is 6.21. The first kappa shape index (κ1) is 22.3. The third-order valence-electron chi connectivity index (χ3n) is 9.34. The van der Waals surface area contributed by atoms with E-state index in [9.17, 15) is 4.79 Å². The minimum Gasteiger partial charge on any atom is -0.352 e. The second-order valence-electron chi connectivity index (χ2n) is 11.3. The molecule has 0 spiro atoms. The van der Waals surface area contributed by atoms with Crippen LogP contribution in [-0.4, -0.2) is 60.0 Å². The SMILES string of the molecule is O=C(CN1CCCC1)NC1CC2(N3CCCC3)CC(c3ccccc3)C1C(c1ccccc1)C2. The van der Waals surface area contributed by atoms with E-state index in [0.29, 0.717) is 24.3 Å². The molecule has 2 saturated heterocycles. The molecule has 0 radical (unpaired) electrons. The number of fused-ring (bicyclic) bond motifs is 3. The van der Waals surface area contributed by atoms with Crippen LogP contribution in [-0.2, 0) is 4.79 Å². The predicted octanol–water partition coefficient (Wildman–Crippen LogP) is 4.78. The summed E-state index contributed by atoms with van der Waals surface area (Å²) in [4.78, 5) is 18.4. The highest BCUT2D eigenvalue weighted by Gasteiger charge is 2.58. The predicted molar refractivity (Wildman–Crippen MR) is 137 cm³/mol. The number of rotatable bonds is 6. The van der Waals surface area contributed by atoms with Crippen LogP contribution in [0.1, 0.15) is 67.9 Å². The van der Waals surface area contributed by atoms with Crippen LogP contribution in [0.25, 0.3) is 0 Å². The molecule has 5 aliphatic rings. The van der Waals surface area contributed by atoms with E-state index in [4.69, 9.17) is 0 Å². The minimum atomic E-state index is 0.178. The molecule has 5 fully saturated rings. The van der Waals surface area contributed by atoms with Gasteiger partial charge in [0, 0.05) is 11.6 Å². The number of likely N-dealkylation sites (tertiary alicyclic amines) is 2. The fraction of sp³-hybridized carbons (Fsp3) is 0.567. The minimum absolute atomic E-state index is 0.178. The third-order valence-corrected chi connectivity index (χ3v) is 9.34. The first-order valence-corrected chi connectivity index (χ1v) is 13.6. The second kappa shape index (κ2) is 9.47. The molecule has 34 heavy (non-hydrogen) atoms. The first-order valence-electron chi connectivity index (χ1n) is 13.6. The van der Waals surface area contributed by atoms with E-state index in [1.165, 1.54) is 62.7 Å². The lowest BCUT2D eigenvalue weighted by atomic mass is 9.51. The Labute approximate surface area is 204 Å². The molecule has 3 atom stereocenters. The Bertz CT molecular complexity index is 916. The van der Waals surface area contributed by atoms with Crippen LogP contribution in [0.15, 0.2) is 60.7 Å². The molecule has 180 valence electrons. The monoisotopic (exact) mass is 457 g/mol. The Balaban J connectivity index is 1.37. The number of carbonyl (C=O) groups excluding carboxylic acids is 1. The Morgan fingerprint density at radius 1 is 0.765 bits per heavy atom. The van der Waals surface area contributed by atoms with Crippen molar-refractivity contribution in [2.45, 2.75) is 68.4 Å². The van der Waals surface area contributed by atoms with Crippen molar-refractivity contribution in [3.8, 4) is 0 Å². The summed E-state index contributed by atoms with van der Waals surface area (Å²) < 4.78 is 0. The fourth-order valence-corrected chi connectivity index (χ4v) is 7.93. The van der Waals surface area contributed by atoms with E-state index in [0.717, 1.165) is 19.5 Å². The summed E-state index contributed by atoms with van der Waals surface area (Å²) in [6.45, 7) is 5.12. The number of amides is 1. The number of nitrogens with zero attached hydrogens (tertiary/aromatic N) is 2. The van der Waals surface area contributed by atoms with Gasteiger partial charge in [0.05, 0.1) is 6.54 Å². The van der Waals surface area contributed by atoms with Gasteiger partial charge in [0.15, 0.2) is 0 Å². The van der Waals surface area contributed by atoms with Gasteiger partial charge in [-0.3, -0.25) is 14.6 Å². The first-order chi connectivity index (χ1) is 16.7.